The van der Waals surface area contributed by atoms with E-state index in [4.69, 9.17) is 47.0 Å². The zero-order valence-electron chi connectivity index (χ0n) is 14.6. The first kappa shape index (κ1) is 21.7. The molecule has 150 valence electrons. The lowest BCUT2D eigenvalue weighted by molar-refractivity contribution is 0.601. The van der Waals surface area contributed by atoms with Crippen LogP contribution in [0.1, 0.15) is 0 Å². The fourth-order valence-electron chi connectivity index (χ4n) is 2.35. The minimum atomic E-state index is -3.78. The third-order valence-electron chi connectivity index (χ3n) is 3.68. The summed E-state index contributed by atoms with van der Waals surface area (Å²) in [7, 11) is -3.78. The summed E-state index contributed by atoms with van der Waals surface area (Å²) in [4.78, 5) is 0.0860. The van der Waals surface area contributed by atoms with Gasteiger partial charge in [0.1, 0.15) is 0 Å². The molecule has 0 aromatic heterocycles. The van der Waals surface area contributed by atoms with Crippen molar-refractivity contribution in [2.24, 2.45) is 0 Å². The summed E-state index contributed by atoms with van der Waals surface area (Å²) in [5.74, 6) is 0. The second-order valence-corrected chi connectivity index (χ2v) is 9.19. The number of benzene rings is 3. The first-order chi connectivity index (χ1) is 13.7. The molecule has 0 atom stereocenters. The molecule has 3 N–H and O–H groups in total. The summed E-state index contributed by atoms with van der Waals surface area (Å²) in [5, 5.41) is 7.51. The Labute approximate surface area is 189 Å². The van der Waals surface area contributed by atoms with Crippen LogP contribution in [0.25, 0.3) is 0 Å². The average Bonchev–Trinajstić information content (AvgIpc) is 2.65. The number of halogens is 3. The van der Waals surface area contributed by atoms with E-state index < -0.39 is 10.0 Å². The molecular formula is C19H14Cl3N3O2S2. The first-order valence-corrected chi connectivity index (χ1v) is 11.2. The number of anilines is 3. The molecule has 0 spiro atoms. The molecule has 0 radical (unpaired) electrons. The molecular weight excluding hydrogens is 473 g/mol. The van der Waals surface area contributed by atoms with Crippen molar-refractivity contribution in [3.63, 3.8) is 0 Å². The predicted octanol–water partition coefficient (Wildman–Crippen LogP) is 6.26. The molecule has 0 heterocycles. The lowest BCUT2D eigenvalue weighted by atomic mass is 10.3. The minimum Gasteiger partial charge on any atom is -0.332 e. The fourth-order valence-corrected chi connectivity index (χ4v) is 4.12. The van der Waals surface area contributed by atoms with E-state index in [0.29, 0.717) is 26.5 Å². The summed E-state index contributed by atoms with van der Waals surface area (Å²) in [6.07, 6.45) is 0. The Morgan fingerprint density at radius 1 is 0.759 bits per heavy atom. The van der Waals surface area contributed by atoms with Gasteiger partial charge in [0.25, 0.3) is 10.0 Å². The highest BCUT2D eigenvalue weighted by molar-refractivity contribution is 7.92. The van der Waals surface area contributed by atoms with Crippen LogP contribution in [0.5, 0.6) is 0 Å². The van der Waals surface area contributed by atoms with Gasteiger partial charge in [-0.2, -0.15) is 0 Å². The van der Waals surface area contributed by atoms with E-state index in [9.17, 15) is 8.42 Å². The lowest BCUT2D eigenvalue weighted by Gasteiger charge is -2.12. The molecule has 0 aliphatic heterocycles. The van der Waals surface area contributed by atoms with Crippen molar-refractivity contribution in [1.29, 1.82) is 0 Å². The molecule has 0 aliphatic carbocycles. The van der Waals surface area contributed by atoms with Gasteiger partial charge >= 0.3 is 0 Å². The van der Waals surface area contributed by atoms with E-state index in [1.165, 1.54) is 30.3 Å². The topological polar surface area (TPSA) is 70.2 Å². The van der Waals surface area contributed by atoms with Crippen molar-refractivity contribution >= 4 is 79.2 Å². The fraction of sp³-hybridized carbons (Fsp3) is 0. The van der Waals surface area contributed by atoms with E-state index in [2.05, 4.69) is 15.4 Å². The molecule has 10 heteroatoms. The van der Waals surface area contributed by atoms with Crippen LogP contribution in [-0.4, -0.2) is 13.5 Å². The van der Waals surface area contributed by atoms with Gasteiger partial charge < -0.3 is 10.6 Å². The van der Waals surface area contributed by atoms with Crippen molar-refractivity contribution in [2.75, 3.05) is 15.4 Å². The van der Waals surface area contributed by atoms with Gasteiger partial charge in [-0.05, 0) is 72.9 Å². The number of thiocarbonyl (C=S) groups is 1. The van der Waals surface area contributed by atoms with Crippen molar-refractivity contribution in [3.8, 4) is 0 Å². The maximum Gasteiger partial charge on any atom is 0.261 e. The van der Waals surface area contributed by atoms with Gasteiger partial charge in [-0.15, -0.1) is 0 Å². The first-order valence-electron chi connectivity index (χ1n) is 8.14. The van der Waals surface area contributed by atoms with Crippen LogP contribution in [0.3, 0.4) is 0 Å². The maximum absolute atomic E-state index is 12.5. The minimum absolute atomic E-state index is 0.0860. The van der Waals surface area contributed by atoms with E-state index in [0.717, 1.165) is 5.69 Å². The summed E-state index contributed by atoms with van der Waals surface area (Å²) < 4.78 is 27.6. The van der Waals surface area contributed by atoms with Crippen molar-refractivity contribution in [3.05, 3.63) is 81.8 Å². The van der Waals surface area contributed by atoms with E-state index >= 15 is 0 Å². The van der Waals surface area contributed by atoms with E-state index in [-0.39, 0.29) is 9.92 Å². The lowest BCUT2D eigenvalue weighted by Crippen LogP contribution is -2.19. The van der Waals surface area contributed by atoms with Crippen LogP contribution in [0.4, 0.5) is 17.1 Å². The van der Waals surface area contributed by atoms with Crippen LogP contribution in [0.2, 0.25) is 15.1 Å². The van der Waals surface area contributed by atoms with Crippen LogP contribution in [0, 0.1) is 0 Å². The third-order valence-corrected chi connectivity index (χ3v) is 6.25. The molecule has 0 bridgehead atoms. The molecule has 0 aliphatic rings. The van der Waals surface area contributed by atoms with Crippen LogP contribution < -0.4 is 15.4 Å². The largest absolute Gasteiger partial charge is 0.332 e. The second kappa shape index (κ2) is 9.19. The summed E-state index contributed by atoms with van der Waals surface area (Å²) >= 11 is 23.0. The number of hydrogen-bond acceptors (Lipinski definition) is 3. The second-order valence-electron chi connectivity index (χ2n) is 5.85. The molecule has 0 saturated heterocycles. The SMILES string of the molecule is O=S(=O)(Nc1ccc(Cl)c(Cl)c1)c1ccc(NC(=S)Nc2cccc(Cl)c2)cc1. The van der Waals surface area contributed by atoms with Gasteiger partial charge in [-0.3, -0.25) is 4.72 Å². The normalized spacial score (nSPS) is 11.0. The molecule has 0 unspecified atom stereocenters. The van der Waals surface area contributed by atoms with Crippen LogP contribution >= 0.6 is 47.0 Å². The molecule has 5 nitrogen and oxygen atoms in total. The maximum atomic E-state index is 12.5. The highest BCUT2D eigenvalue weighted by Gasteiger charge is 2.15. The predicted molar refractivity (Wildman–Crippen MR) is 125 cm³/mol. The molecule has 3 rings (SSSR count). The van der Waals surface area contributed by atoms with Crippen LogP contribution in [-0.2, 0) is 10.0 Å². The summed E-state index contributed by atoms with van der Waals surface area (Å²) in [6.45, 7) is 0. The summed E-state index contributed by atoms with van der Waals surface area (Å²) in [6, 6.07) is 17.7. The average molecular weight is 487 g/mol. The third kappa shape index (κ3) is 5.98. The molecule has 3 aromatic carbocycles. The number of sulfonamides is 1. The molecule has 0 fully saturated rings. The van der Waals surface area contributed by atoms with Gasteiger partial charge in [0.2, 0.25) is 0 Å². The number of hydrogen-bond donors (Lipinski definition) is 3. The van der Waals surface area contributed by atoms with E-state index in [1.807, 2.05) is 6.07 Å². The molecule has 0 saturated carbocycles. The standard InChI is InChI=1S/C19H14Cl3N3O2S2/c20-12-2-1-3-14(10-12)24-19(28)23-13-4-7-16(8-5-13)29(26,27)25-15-6-9-17(21)18(22)11-15/h1-11,25H,(H2,23,24,28). The van der Waals surface area contributed by atoms with Crippen molar-refractivity contribution in [2.45, 2.75) is 4.90 Å². The highest BCUT2D eigenvalue weighted by atomic mass is 35.5. The molecule has 29 heavy (non-hydrogen) atoms. The van der Waals surface area contributed by atoms with Gasteiger partial charge in [0, 0.05) is 16.4 Å². The number of nitrogens with one attached hydrogen (secondary N) is 3. The Balaban J connectivity index is 1.67. The molecule has 0 amide bonds. The Kier molecular flexibility index (Phi) is 6.87. The summed E-state index contributed by atoms with van der Waals surface area (Å²) in [5.41, 5.74) is 1.67. The van der Waals surface area contributed by atoms with Gasteiger partial charge in [0.15, 0.2) is 5.11 Å². The highest BCUT2D eigenvalue weighted by Crippen LogP contribution is 2.26. The van der Waals surface area contributed by atoms with Crippen molar-refractivity contribution in [1.82, 2.24) is 0 Å². The monoisotopic (exact) mass is 485 g/mol. The van der Waals surface area contributed by atoms with Crippen molar-refractivity contribution < 1.29 is 8.42 Å². The Morgan fingerprint density at radius 3 is 2.07 bits per heavy atom. The smallest absolute Gasteiger partial charge is 0.261 e. The zero-order chi connectivity index (χ0) is 21.0. The Hall–Kier alpha value is -2.03. The molecule has 3 aromatic rings. The quantitative estimate of drug-likeness (QED) is 0.371. The van der Waals surface area contributed by atoms with Gasteiger partial charge in [-0.1, -0.05) is 40.9 Å². The number of rotatable bonds is 5. The van der Waals surface area contributed by atoms with Gasteiger partial charge in [-0.25, -0.2) is 8.42 Å². The Bertz CT molecular complexity index is 1150. The van der Waals surface area contributed by atoms with Crippen LogP contribution in [0.15, 0.2) is 71.6 Å². The Morgan fingerprint density at radius 2 is 1.41 bits per heavy atom. The van der Waals surface area contributed by atoms with Gasteiger partial charge in [0.05, 0.1) is 20.6 Å². The van der Waals surface area contributed by atoms with E-state index in [1.54, 1.807) is 30.3 Å². The zero-order valence-corrected chi connectivity index (χ0v) is 18.5.